The SMILES string of the molecule is CC(=O)OCc1ccc(NC(=O)[C@H](CCCNC(N)=O)NC(=O)C(NC(=O)c2cc(NC(=O)CCN3C(=O)C=CC3=O)cc(C(=O)NC(C(=O)N[C@@H](CCCNC(N)=O)C(=O)Nc3ccc(COC(C)=O)cc3)C(C)C)c2)C(C)C)cc1. The molecule has 0 bridgehead atoms. The van der Waals surface area contributed by atoms with Crippen LogP contribution in [-0.2, 0) is 65.8 Å². The van der Waals surface area contributed by atoms with Crippen molar-refractivity contribution in [3.05, 3.63) is 101 Å². The summed E-state index contributed by atoms with van der Waals surface area (Å²) in [5.41, 5.74) is 11.7. The molecule has 440 valence electrons. The molecule has 13 N–H and O–H groups in total. The first-order chi connectivity index (χ1) is 38.8. The van der Waals surface area contributed by atoms with Gasteiger partial charge in [0.2, 0.25) is 29.5 Å². The van der Waals surface area contributed by atoms with E-state index in [1.54, 1.807) is 76.2 Å². The van der Waals surface area contributed by atoms with Gasteiger partial charge in [0, 0.05) is 80.2 Å². The number of rotatable bonds is 30. The fourth-order valence-electron chi connectivity index (χ4n) is 7.86. The molecule has 27 heteroatoms. The highest BCUT2D eigenvalue weighted by Crippen LogP contribution is 2.20. The maximum Gasteiger partial charge on any atom is 0.312 e. The minimum absolute atomic E-state index is 0.00154. The van der Waals surface area contributed by atoms with Crippen molar-refractivity contribution in [2.75, 3.05) is 35.6 Å². The Morgan fingerprint density at radius 2 is 0.902 bits per heavy atom. The normalized spacial score (nSPS) is 13.1. The molecule has 0 spiro atoms. The first-order valence-electron chi connectivity index (χ1n) is 26.1. The van der Waals surface area contributed by atoms with Crippen molar-refractivity contribution in [2.24, 2.45) is 23.3 Å². The van der Waals surface area contributed by atoms with E-state index in [0.717, 1.165) is 23.1 Å². The number of primary amides is 2. The van der Waals surface area contributed by atoms with Crippen LogP contribution in [0.3, 0.4) is 0 Å². The summed E-state index contributed by atoms with van der Waals surface area (Å²) in [7, 11) is 0. The summed E-state index contributed by atoms with van der Waals surface area (Å²) in [5, 5.41) is 23.5. The Bertz CT molecular complexity index is 2710. The fourth-order valence-corrected chi connectivity index (χ4v) is 7.86. The van der Waals surface area contributed by atoms with Gasteiger partial charge in [0.05, 0.1) is 0 Å². The number of anilines is 3. The van der Waals surface area contributed by atoms with E-state index >= 15 is 0 Å². The molecule has 0 fully saturated rings. The van der Waals surface area contributed by atoms with Gasteiger partial charge in [-0.2, -0.15) is 0 Å². The standard InChI is InChI=1S/C55H70N12O15/c1-30(2)46(52(77)63-41(9-7-22-58-54(56)79)50(75)61-38-15-11-34(12-16-38)28-81-32(5)68)65-48(73)36-25-37(27-40(26-36)60-43(70)21-24-67-44(71)19-20-45(67)72)49(74)66-47(31(3)4)53(78)64-42(10-8-23-59-55(57)80)51(76)62-39-17-13-35(14-18-39)29-82-33(6)69/h11-20,25-27,30-31,41-42,46-47H,7-10,21-24,28-29H2,1-6H3,(H,60,70)(H,61,75)(H,62,76)(H,63,77)(H,64,78)(H,65,73)(H,66,74)(H3,56,58,79)(H3,57,59,80)/t41-,42-,46?,47?/m0/s1. The third kappa shape index (κ3) is 21.9. The number of urea groups is 2. The van der Waals surface area contributed by atoms with Crippen molar-refractivity contribution in [1.82, 2.24) is 36.8 Å². The van der Waals surface area contributed by atoms with Crippen LogP contribution in [0.2, 0.25) is 0 Å². The number of nitrogens with two attached hydrogens (primary N) is 2. The first-order valence-corrected chi connectivity index (χ1v) is 26.1. The second-order valence-electron chi connectivity index (χ2n) is 19.6. The van der Waals surface area contributed by atoms with E-state index in [9.17, 15) is 62.3 Å². The largest absolute Gasteiger partial charge is 0.461 e. The van der Waals surface area contributed by atoms with Gasteiger partial charge >= 0.3 is 24.0 Å². The number of nitrogens with one attached hydrogen (secondary N) is 9. The van der Waals surface area contributed by atoms with Crippen molar-refractivity contribution < 1.29 is 71.8 Å². The Labute approximate surface area is 472 Å². The van der Waals surface area contributed by atoms with Crippen LogP contribution < -0.4 is 59.3 Å². The summed E-state index contributed by atoms with van der Waals surface area (Å²) in [5.74, 6) is -9.03. The number of hydrogen-bond donors (Lipinski definition) is 11. The number of carbonyl (C=O) groups is 13. The number of nitrogens with zero attached hydrogens (tertiary/aromatic N) is 1. The average Bonchev–Trinajstić information content (AvgIpc) is 3.83. The third-order valence-electron chi connectivity index (χ3n) is 12.2. The monoisotopic (exact) mass is 1140 g/mol. The Morgan fingerprint density at radius 1 is 0.512 bits per heavy atom. The average molecular weight is 1140 g/mol. The van der Waals surface area contributed by atoms with Crippen LogP contribution in [0.15, 0.2) is 78.9 Å². The van der Waals surface area contributed by atoms with Gasteiger partial charge in [-0.3, -0.25) is 57.6 Å². The number of imide groups is 1. The summed E-state index contributed by atoms with van der Waals surface area (Å²) in [6.45, 7) is 8.78. The molecule has 0 radical (unpaired) electrons. The number of benzene rings is 3. The zero-order valence-corrected chi connectivity index (χ0v) is 46.3. The smallest absolute Gasteiger partial charge is 0.312 e. The molecular weight excluding hydrogens is 1070 g/mol. The molecule has 0 aromatic heterocycles. The minimum Gasteiger partial charge on any atom is -0.461 e. The van der Waals surface area contributed by atoms with E-state index in [1.165, 1.54) is 26.0 Å². The Hall–Kier alpha value is -9.69. The lowest BCUT2D eigenvalue weighted by atomic mass is 10.00. The van der Waals surface area contributed by atoms with Gasteiger partial charge in [0.25, 0.3) is 23.6 Å². The molecule has 1 aliphatic rings. The third-order valence-corrected chi connectivity index (χ3v) is 12.2. The van der Waals surface area contributed by atoms with Gasteiger partial charge in [0.1, 0.15) is 37.4 Å². The Morgan fingerprint density at radius 3 is 1.26 bits per heavy atom. The minimum atomic E-state index is -1.34. The molecule has 2 unspecified atom stereocenters. The molecule has 0 saturated heterocycles. The lowest BCUT2D eigenvalue weighted by Gasteiger charge is -2.26. The van der Waals surface area contributed by atoms with E-state index in [-0.39, 0.29) is 75.3 Å². The molecule has 3 aromatic carbocycles. The van der Waals surface area contributed by atoms with Gasteiger partial charge in [-0.15, -0.1) is 0 Å². The van der Waals surface area contributed by atoms with Crippen LogP contribution in [0.1, 0.15) is 105 Å². The molecular formula is C55H70N12O15. The van der Waals surface area contributed by atoms with E-state index in [1.807, 2.05) is 0 Å². The maximum absolute atomic E-state index is 14.3. The fraction of sp³-hybridized carbons (Fsp3) is 0.400. The van der Waals surface area contributed by atoms with Crippen molar-refractivity contribution in [2.45, 2.75) is 111 Å². The van der Waals surface area contributed by atoms with Crippen molar-refractivity contribution in [3.8, 4) is 0 Å². The number of esters is 2. The lowest BCUT2D eigenvalue weighted by Crippen LogP contribution is -2.55. The highest BCUT2D eigenvalue weighted by atomic mass is 16.5. The summed E-state index contributed by atoms with van der Waals surface area (Å²) in [6.07, 6.45) is 2.04. The number of carbonyl (C=O) groups excluding carboxylic acids is 13. The van der Waals surface area contributed by atoms with E-state index in [2.05, 4.69) is 47.9 Å². The highest BCUT2D eigenvalue weighted by Gasteiger charge is 2.32. The zero-order chi connectivity index (χ0) is 60.6. The first kappa shape index (κ1) is 64.8. The summed E-state index contributed by atoms with van der Waals surface area (Å²) >= 11 is 0. The molecule has 4 atom stereocenters. The molecule has 4 rings (SSSR count). The van der Waals surface area contributed by atoms with E-state index in [0.29, 0.717) is 22.5 Å². The van der Waals surface area contributed by atoms with Crippen LogP contribution in [-0.4, -0.2) is 126 Å². The van der Waals surface area contributed by atoms with Crippen molar-refractivity contribution in [3.63, 3.8) is 0 Å². The van der Waals surface area contributed by atoms with E-state index in [4.69, 9.17) is 20.9 Å². The molecule has 27 nitrogen and oxygen atoms in total. The molecule has 1 aliphatic heterocycles. The molecule has 1 heterocycles. The van der Waals surface area contributed by atoms with Crippen molar-refractivity contribution in [1.29, 1.82) is 0 Å². The van der Waals surface area contributed by atoms with Crippen LogP contribution >= 0.6 is 0 Å². The maximum atomic E-state index is 14.3. The van der Waals surface area contributed by atoms with Crippen LogP contribution in [0.25, 0.3) is 0 Å². The second kappa shape index (κ2) is 31.8. The number of ether oxygens (including phenoxy) is 2. The molecule has 82 heavy (non-hydrogen) atoms. The highest BCUT2D eigenvalue weighted by molar-refractivity contribution is 6.13. The number of amides is 13. The van der Waals surface area contributed by atoms with Crippen LogP contribution in [0, 0.1) is 11.8 Å². The van der Waals surface area contributed by atoms with Gasteiger partial charge < -0.3 is 68.8 Å². The molecule has 0 aliphatic carbocycles. The summed E-state index contributed by atoms with van der Waals surface area (Å²) < 4.78 is 10.0. The topological polar surface area (TPSA) is 404 Å². The molecule has 3 aromatic rings. The summed E-state index contributed by atoms with van der Waals surface area (Å²) in [6, 6.07) is 9.49. The lowest BCUT2D eigenvalue weighted by molar-refractivity contribution is -0.143. The van der Waals surface area contributed by atoms with Gasteiger partial charge in [0.15, 0.2) is 0 Å². The van der Waals surface area contributed by atoms with Crippen molar-refractivity contribution >= 4 is 94.2 Å². The predicted octanol–water partition coefficient (Wildman–Crippen LogP) is 1.72. The van der Waals surface area contributed by atoms with Gasteiger partial charge in [-0.25, -0.2) is 9.59 Å². The van der Waals surface area contributed by atoms with Crippen LogP contribution in [0.4, 0.5) is 26.7 Å². The predicted molar refractivity (Wildman–Crippen MR) is 296 cm³/mol. The molecule has 13 amide bonds. The van der Waals surface area contributed by atoms with Crippen LogP contribution in [0.5, 0.6) is 0 Å². The quantitative estimate of drug-likeness (QED) is 0.0257. The van der Waals surface area contributed by atoms with E-state index < -0.39 is 120 Å². The molecule has 0 saturated carbocycles. The Balaban J connectivity index is 1.61. The Kier molecular flexibility index (Phi) is 25.1. The number of hydrogen-bond acceptors (Lipinski definition) is 15. The second-order valence-corrected chi connectivity index (χ2v) is 19.6. The summed E-state index contributed by atoms with van der Waals surface area (Å²) in [4.78, 5) is 168. The van der Waals surface area contributed by atoms with Gasteiger partial charge in [-0.1, -0.05) is 52.0 Å². The zero-order valence-electron chi connectivity index (χ0n) is 46.3. The van der Waals surface area contributed by atoms with Gasteiger partial charge in [-0.05, 0) is 91.1 Å².